The normalized spacial score (nSPS) is 13.6. The Morgan fingerprint density at radius 3 is 2.45 bits per heavy atom. The zero-order valence-corrected chi connectivity index (χ0v) is 16.5. The Hall–Kier alpha value is -3.24. The average molecular weight is 415 g/mol. The SMILES string of the molecule is CC(COc1ccc(-n2cncn2)cc1)(NS(=O)(=O)Cc1ccccc1)C(N)=O. The summed E-state index contributed by atoms with van der Waals surface area (Å²) in [7, 11) is -3.83. The Morgan fingerprint density at radius 2 is 1.86 bits per heavy atom. The molecule has 0 aliphatic carbocycles. The predicted molar refractivity (Wildman–Crippen MR) is 107 cm³/mol. The van der Waals surface area contributed by atoms with Gasteiger partial charge >= 0.3 is 0 Å². The van der Waals surface area contributed by atoms with Crippen molar-refractivity contribution in [2.24, 2.45) is 5.73 Å². The number of hydrogen-bond acceptors (Lipinski definition) is 6. The number of rotatable bonds is 9. The summed E-state index contributed by atoms with van der Waals surface area (Å²) in [5, 5.41) is 4.03. The number of carbonyl (C=O) groups is 1. The quantitative estimate of drug-likeness (QED) is 0.537. The number of hydrogen-bond donors (Lipinski definition) is 2. The predicted octanol–water partition coefficient (Wildman–Crippen LogP) is 1.01. The lowest BCUT2D eigenvalue weighted by molar-refractivity contribution is -0.124. The van der Waals surface area contributed by atoms with Crippen LogP contribution in [0.2, 0.25) is 0 Å². The van der Waals surface area contributed by atoms with Crippen LogP contribution in [0, 0.1) is 0 Å². The number of primary amides is 1. The summed E-state index contributed by atoms with van der Waals surface area (Å²) < 4.78 is 34.6. The fourth-order valence-corrected chi connectivity index (χ4v) is 4.14. The zero-order valence-electron chi connectivity index (χ0n) is 15.7. The van der Waals surface area contributed by atoms with E-state index in [1.807, 2.05) is 0 Å². The standard InChI is InChI=1S/C19H21N5O4S/c1-19(18(20)25,23-29(26,27)11-15-5-3-2-4-6-15)12-28-17-9-7-16(8-10-17)24-14-21-13-22-24/h2-10,13-14,23H,11-12H2,1H3,(H2,20,25). The maximum Gasteiger partial charge on any atom is 0.241 e. The molecule has 0 bridgehead atoms. The van der Waals surface area contributed by atoms with E-state index < -0.39 is 21.5 Å². The fraction of sp³-hybridized carbons (Fsp3) is 0.211. The summed E-state index contributed by atoms with van der Waals surface area (Å²) in [6.07, 6.45) is 2.98. The Morgan fingerprint density at radius 1 is 1.17 bits per heavy atom. The van der Waals surface area contributed by atoms with Crippen molar-refractivity contribution in [1.29, 1.82) is 0 Å². The van der Waals surface area contributed by atoms with Gasteiger partial charge in [-0.1, -0.05) is 30.3 Å². The van der Waals surface area contributed by atoms with Crippen molar-refractivity contribution in [3.63, 3.8) is 0 Å². The van der Waals surface area contributed by atoms with E-state index in [2.05, 4.69) is 14.8 Å². The minimum Gasteiger partial charge on any atom is -0.491 e. The van der Waals surface area contributed by atoms with Crippen molar-refractivity contribution in [1.82, 2.24) is 19.5 Å². The second-order valence-electron chi connectivity index (χ2n) is 6.67. The maximum atomic E-state index is 12.5. The minimum atomic E-state index is -3.83. The first-order chi connectivity index (χ1) is 13.8. The molecule has 1 amide bonds. The Balaban J connectivity index is 1.68. The molecular formula is C19H21N5O4S. The molecule has 0 aliphatic rings. The first-order valence-corrected chi connectivity index (χ1v) is 10.4. The topological polar surface area (TPSA) is 129 Å². The van der Waals surface area contributed by atoms with Gasteiger partial charge in [-0.15, -0.1) is 0 Å². The molecule has 0 radical (unpaired) electrons. The van der Waals surface area contributed by atoms with Gasteiger partial charge in [-0.25, -0.2) is 18.1 Å². The molecular weight excluding hydrogens is 394 g/mol. The highest BCUT2D eigenvalue weighted by atomic mass is 32.2. The van der Waals surface area contributed by atoms with Gasteiger partial charge in [-0.2, -0.15) is 9.82 Å². The second kappa shape index (κ2) is 8.41. The summed E-state index contributed by atoms with van der Waals surface area (Å²) >= 11 is 0. The van der Waals surface area contributed by atoms with Gasteiger partial charge in [-0.3, -0.25) is 4.79 Å². The van der Waals surface area contributed by atoms with E-state index >= 15 is 0 Å². The molecule has 1 heterocycles. The molecule has 29 heavy (non-hydrogen) atoms. The lowest BCUT2D eigenvalue weighted by Crippen LogP contribution is -2.59. The minimum absolute atomic E-state index is 0.265. The van der Waals surface area contributed by atoms with Crippen LogP contribution in [0.25, 0.3) is 5.69 Å². The van der Waals surface area contributed by atoms with Gasteiger partial charge in [0.1, 0.15) is 30.5 Å². The first kappa shape index (κ1) is 20.5. The van der Waals surface area contributed by atoms with Crippen molar-refractivity contribution >= 4 is 15.9 Å². The lowest BCUT2D eigenvalue weighted by Gasteiger charge is -2.27. The van der Waals surface area contributed by atoms with Crippen LogP contribution < -0.4 is 15.2 Å². The van der Waals surface area contributed by atoms with Gasteiger partial charge < -0.3 is 10.5 Å². The maximum absolute atomic E-state index is 12.5. The summed E-state index contributed by atoms with van der Waals surface area (Å²) in [5.41, 5.74) is 5.21. The molecule has 0 saturated heterocycles. The number of aromatic nitrogens is 3. The number of carbonyl (C=O) groups excluding carboxylic acids is 1. The molecule has 1 aromatic heterocycles. The Bertz CT molecular complexity index is 1050. The van der Waals surface area contributed by atoms with Gasteiger partial charge in [0.05, 0.1) is 11.4 Å². The van der Waals surface area contributed by atoms with E-state index in [4.69, 9.17) is 10.5 Å². The highest BCUT2D eigenvalue weighted by Gasteiger charge is 2.36. The van der Waals surface area contributed by atoms with Crippen LogP contribution in [-0.2, 0) is 20.6 Å². The van der Waals surface area contributed by atoms with Crippen molar-refractivity contribution in [2.75, 3.05) is 6.61 Å². The van der Waals surface area contributed by atoms with Crippen LogP contribution in [0.1, 0.15) is 12.5 Å². The molecule has 3 rings (SSSR count). The number of amides is 1. The molecule has 1 unspecified atom stereocenters. The zero-order chi connectivity index (χ0) is 20.9. The van der Waals surface area contributed by atoms with E-state index in [9.17, 15) is 13.2 Å². The molecule has 2 aromatic carbocycles. The fourth-order valence-electron chi connectivity index (χ4n) is 2.59. The summed E-state index contributed by atoms with van der Waals surface area (Å²) in [5.74, 6) is -0.666. The number of sulfonamides is 1. The van der Waals surface area contributed by atoms with Crippen LogP contribution in [-0.4, -0.2) is 41.2 Å². The van der Waals surface area contributed by atoms with Gasteiger partial charge in [0.15, 0.2) is 0 Å². The van der Waals surface area contributed by atoms with E-state index in [0.717, 1.165) is 5.69 Å². The number of ether oxygens (including phenoxy) is 1. The van der Waals surface area contributed by atoms with E-state index in [1.165, 1.54) is 13.3 Å². The molecule has 9 nitrogen and oxygen atoms in total. The van der Waals surface area contributed by atoms with Gasteiger partial charge in [-0.05, 0) is 36.8 Å². The molecule has 3 aromatic rings. The van der Waals surface area contributed by atoms with Crippen molar-refractivity contribution in [3.8, 4) is 11.4 Å². The smallest absolute Gasteiger partial charge is 0.241 e. The number of benzene rings is 2. The lowest BCUT2D eigenvalue weighted by atomic mass is 10.1. The van der Waals surface area contributed by atoms with E-state index in [1.54, 1.807) is 65.6 Å². The van der Waals surface area contributed by atoms with Crippen LogP contribution >= 0.6 is 0 Å². The third kappa shape index (κ3) is 5.39. The molecule has 0 fully saturated rings. The van der Waals surface area contributed by atoms with E-state index in [-0.39, 0.29) is 12.4 Å². The number of nitrogens with one attached hydrogen (secondary N) is 1. The van der Waals surface area contributed by atoms with Crippen molar-refractivity contribution < 1.29 is 17.9 Å². The monoisotopic (exact) mass is 415 g/mol. The first-order valence-electron chi connectivity index (χ1n) is 8.71. The molecule has 152 valence electrons. The molecule has 10 heteroatoms. The van der Waals surface area contributed by atoms with Crippen molar-refractivity contribution in [3.05, 3.63) is 72.8 Å². The number of nitrogens with two attached hydrogens (primary N) is 1. The highest BCUT2D eigenvalue weighted by molar-refractivity contribution is 7.88. The summed E-state index contributed by atoms with van der Waals surface area (Å²) in [4.78, 5) is 15.9. The average Bonchev–Trinajstić information content (AvgIpc) is 3.21. The van der Waals surface area contributed by atoms with Gasteiger partial charge in [0.2, 0.25) is 15.9 Å². The Labute approximate surface area is 168 Å². The van der Waals surface area contributed by atoms with Crippen LogP contribution in [0.3, 0.4) is 0 Å². The van der Waals surface area contributed by atoms with Crippen LogP contribution in [0.5, 0.6) is 5.75 Å². The summed E-state index contributed by atoms with van der Waals surface area (Å²) in [6.45, 7) is 1.13. The largest absolute Gasteiger partial charge is 0.491 e. The van der Waals surface area contributed by atoms with Crippen molar-refractivity contribution in [2.45, 2.75) is 18.2 Å². The molecule has 0 saturated carbocycles. The molecule has 3 N–H and O–H groups in total. The number of nitrogens with zero attached hydrogens (tertiary/aromatic N) is 3. The van der Waals surface area contributed by atoms with Crippen LogP contribution in [0.4, 0.5) is 0 Å². The van der Waals surface area contributed by atoms with Crippen LogP contribution in [0.15, 0.2) is 67.3 Å². The highest BCUT2D eigenvalue weighted by Crippen LogP contribution is 2.17. The third-order valence-corrected chi connectivity index (χ3v) is 5.65. The van der Waals surface area contributed by atoms with Gasteiger partial charge in [0, 0.05) is 0 Å². The summed E-state index contributed by atoms with van der Waals surface area (Å²) in [6, 6.07) is 15.5. The molecule has 0 aliphatic heterocycles. The third-order valence-electron chi connectivity index (χ3n) is 4.17. The van der Waals surface area contributed by atoms with Gasteiger partial charge in [0.25, 0.3) is 0 Å². The second-order valence-corrected chi connectivity index (χ2v) is 8.39. The molecule has 0 spiro atoms. The van der Waals surface area contributed by atoms with E-state index in [0.29, 0.717) is 11.3 Å². The molecule has 1 atom stereocenters. The Kier molecular flexibility index (Phi) is 5.95.